The SMILES string of the molecule is CNC(=O)c1cccc(-c2ccc(C(=O)N[SH]3C=Cc4ccccc4C=N3)cc2)c1. The van der Waals surface area contributed by atoms with Crippen LogP contribution in [0.5, 0.6) is 0 Å². The first-order chi connectivity index (χ1) is 14.6. The lowest BCUT2D eigenvalue weighted by atomic mass is 10.0. The van der Waals surface area contributed by atoms with Crippen LogP contribution in [0, 0.1) is 0 Å². The van der Waals surface area contributed by atoms with Crippen LogP contribution < -0.4 is 10.0 Å². The Labute approximate surface area is 178 Å². The summed E-state index contributed by atoms with van der Waals surface area (Å²) in [6.45, 7) is 0. The number of nitrogens with zero attached hydrogens (tertiary/aromatic N) is 1. The van der Waals surface area contributed by atoms with E-state index < -0.39 is 11.3 Å². The standard InChI is InChI=1S/C24H21N3O2S/c1-25-23(28)21-8-4-7-20(15-21)18-9-11-19(12-10-18)24(29)27-30-14-13-17-5-2-3-6-22(17)16-26-30/h2-16,30H,1H3,(H,25,28)(H,27,29). The lowest BCUT2D eigenvalue weighted by Gasteiger charge is -2.13. The zero-order chi connectivity index (χ0) is 20.9. The summed E-state index contributed by atoms with van der Waals surface area (Å²) in [6.07, 6.45) is 3.81. The number of benzene rings is 3. The van der Waals surface area contributed by atoms with E-state index in [-0.39, 0.29) is 11.8 Å². The Kier molecular flexibility index (Phi) is 5.77. The van der Waals surface area contributed by atoms with E-state index in [1.54, 1.807) is 25.2 Å². The minimum Gasteiger partial charge on any atom is -0.355 e. The zero-order valence-corrected chi connectivity index (χ0v) is 17.3. The molecule has 0 saturated heterocycles. The summed E-state index contributed by atoms with van der Waals surface area (Å²) < 4.78 is 7.50. The van der Waals surface area contributed by atoms with Crippen molar-refractivity contribution in [3.8, 4) is 11.1 Å². The number of fused-ring (bicyclic) bond motifs is 1. The van der Waals surface area contributed by atoms with E-state index >= 15 is 0 Å². The average molecular weight is 416 g/mol. The number of amides is 2. The molecule has 0 saturated carbocycles. The summed E-state index contributed by atoms with van der Waals surface area (Å²) in [6, 6.07) is 22.7. The van der Waals surface area contributed by atoms with Crippen LogP contribution in [0.3, 0.4) is 0 Å². The van der Waals surface area contributed by atoms with Crippen molar-refractivity contribution in [1.29, 1.82) is 0 Å². The minimum atomic E-state index is -1.13. The van der Waals surface area contributed by atoms with Gasteiger partial charge in [0.1, 0.15) is 0 Å². The Balaban J connectivity index is 1.47. The molecule has 4 rings (SSSR count). The third kappa shape index (κ3) is 4.34. The van der Waals surface area contributed by atoms with Gasteiger partial charge in [0.25, 0.3) is 11.8 Å². The number of carbonyl (C=O) groups is 2. The number of carbonyl (C=O) groups excluding carboxylic acids is 2. The predicted octanol–water partition coefficient (Wildman–Crippen LogP) is 4.38. The zero-order valence-electron chi connectivity index (χ0n) is 16.4. The molecule has 2 amide bonds. The van der Waals surface area contributed by atoms with Crippen molar-refractivity contribution in [2.45, 2.75) is 0 Å². The fourth-order valence-electron chi connectivity index (χ4n) is 3.13. The molecule has 1 aliphatic rings. The molecule has 0 bridgehead atoms. The van der Waals surface area contributed by atoms with E-state index in [1.807, 2.05) is 72.3 Å². The van der Waals surface area contributed by atoms with Crippen LogP contribution in [-0.2, 0) is 0 Å². The second-order valence-electron chi connectivity index (χ2n) is 6.71. The van der Waals surface area contributed by atoms with Gasteiger partial charge in [0.15, 0.2) is 0 Å². The first-order valence-corrected chi connectivity index (χ1v) is 10.8. The van der Waals surface area contributed by atoms with Crippen LogP contribution in [0.15, 0.2) is 82.6 Å². The first-order valence-electron chi connectivity index (χ1n) is 9.48. The van der Waals surface area contributed by atoms with Gasteiger partial charge in [-0.2, -0.15) is 0 Å². The lowest BCUT2D eigenvalue weighted by Crippen LogP contribution is -2.18. The van der Waals surface area contributed by atoms with Gasteiger partial charge < -0.3 is 5.32 Å². The Bertz CT molecular complexity index is 1120. The van der Waals surface area contributed by atoms with Crippen LogP contribution in [-0.4, -0.2) is 25.1 Å². The minimum absolute atomic E-state index is 0.130. The molecule has 1 unspecified atom stereocenters. The monoisotopic (exact) mass is 415 g/mol. The molecule has 0 radical (unpaired) electrons. The maximum absolute atomic E-state index is 12.7. The van der Waals surface area contributed by atoms with Crippen molar-refractivity contribution < 1.29 is 9.59 Å². The van der Waals surface area contributed by atoms with Crippen LogP contribution >= 0.6 is 11.3 Å². The summed E-state index contributed by atoms with van der Waals surface area (Å²) in [4.78, 5) is 24.5. The molecule has 30 heavy (non-hydrogen) atoms. The summed E-state index contributed by atoms with van der Waals surface area (Å²) >= 11 is -1.13. The van der Waals surface area contributed by atoms with Gasteiger partial charge >= 0.3 is 0 Å². The smallest absolute Gasteiger partial charge is 0.261 e. The molecule has 0 fully saturated rings. The number of hydrogen-bond acceptors (Lipinski definition) is 3. The number of rotatable bonds is 4. The van der Waals surface area contributed by atoms with Gasteiger partial charge in [0.05, 0.1) is 0 Å². The molecule has 150 valence electrons. The fraction of sp³-hybridized carbons (Fsp3) is 0.0417. The fourth-order valence-corrected chi connectivity index (χ4v) is 4.22. The molecule has 1 heterocycles. The first kappa shape index (κ1) is 19.7. The lowest BCUT2D eigenvalue weighted by molar-refractivity contribution is 0.0960. The molecule has 0 aliphatic carbocycles. The van der Waals surface area contributed by atoms with Crippen molar-refractivity contribution >= 4 is 35.4 Å². The Morgan fingerprint density at radius 1 is 0.800 bits per heavy atom. The average Bonchev–Trinajstić information content (AvgIpc) is 3.01. The van der Waals surface area contributed by atoms with E-state index in [0.717, 1.165) is 22.3 Å². The van der Waals surface area contributed by atoms with Gasteiger partial charge in [-0.3, -0.25) is 14.3 Å². The predicted molar refractivity (Wildman–Crippen MR) is 125 cm³/mol. The molecule has 0 spiro atoms. The highest BCUT2D eigenvalue weighted by atomic mass is 32.2. The van der Waals surface area contributed by atoms with Gasteiger partial charge in [-0.05, 0) is 52.4 Å². The number of nitrogens with one attached hydrogen (secondary N) is 2. The van der Waals surface area contributed by atoms with Crippen molar-refractivity contribution in [3.63, 3.8) is 0 Å². The molecular weight excluding hydrogens is 394 g/mol. The maximum atomic E-state index is 12.7. The second kappa shape index (κ2) is 8.80. The highest BCUT2D eigenvalue weighted by Gasteiger charge is 2.11. The molecule has 6 heteroatoms. The summed E-state index contributed by atoms with van der Waals surface area (Å²) in [5, 5.41) is 4.56. The van der Waals surface area contributed by atoms with E-state index in [2.05, 4.69) is 14.4 Å². The summed E-state index contributed by atoms with van der Waals surface area (Å²) in [5.41, 5.74) is 5.14. The van der Waals surface area contributed by atoms with Crippen LogP contribution in [0.25, 0.3) is 17.2 Å². The van der Waals surface area contributed by atoms with Crippen LogP contribution in [0.1, 0.15) is 31.8 Å². The number of thiol groups is 1. The molecule has 2 N–H and O–H groups in total. The maximum Gasteiger partial charge on any atom is 0.261 e. The largest absolute Gasteiger partial charge is 0.355 e. The van der Waals surface area contributed by atoms with E-state index in [4.69, 9.17) is 0 Å². The number of hydrogen-bond donors (Lipinski definition) is 3. The molecule has 0 aromatic heterocycles. The van der Waals surface area contributed by atoms with Gasteiger partial charge in [-0.1, -0.05) is 59.8 Å². The van der Waals surface area contributed by atoms with Crippen LogP contribution in [0.2, 0.25) is 0 Å². The second-order valence-corrected chi connectivity index (χ2v) is 8.15. The van der Waals surface area contributed by atoms with Gasteiger partial charge in [0, 0.05) is 30.0 Å². The molecule has 3 aromatic carbocycles. The third-order valence-corrected chi connectivity index (χ3v) is 5.99. The van der Waals surface area contributed by atoms with Crippen LogP contribution in [0.4, 0.5) is 0 Å². The summed E-state index contributed by atoms with van der Waals surface area (Å²) in [5.74, 6) is -0.297. The molecule has 5 nitrogen and oxygen atoms in total. The van der Waals surface area contributed by atoms with Crippen molar-refractivity contribution in [2.24, 2.45) is 4.40 Å². The van der Waals surface area contributed by atoms with Crippen molar-refractivity contribution in [1.82, 2.24) is 10.0 Å². The van der Waals surface area contributed by atoms with E-state index in [9.17, 15) is 9.59 Å². The van der Waals surface area contributed by atoms with Crippen molar-refractivity contribution in [2.75, 3.05) is 7.05 Å². The molecule has 1 atom stereocenters. The molecule has 1 aliphatic heterocycles. The van der Waals surface area contributed by atoms with Gasteiger partial charge in [-0.15, -0.1) is 0 Å². The third-order valence-electron chi connectivity index (χ3n) is 4.76. The normalized spacial score (nSPS) is 15.7. The Hall–Kier alpha value is -3.64. The van der Waals surface area contributed by atoms with E-state index in [1.165, 1.54) is 0 Å². The van der Waals surface area contributed by atoms with Gasteiger partial charge in [-0.25, -0.2) is 4.40 Å². The Morgan fingerprint density at radius 3 is 2.33 bits per heavy atom. The Morgan fingerprint density at radius 2 is 1.57 bits per heavy atom. The quantitative estimate of drug-likeness (QED) is 0.554. The highest BCUT2D eigenvalue weighted by Crippen LogP contribution is 2.29. The highest BCUT2D eigenvalue weighted by molar-refractivity contribution is 8.17. The molecular formula is C24H21N3O2S. The van der Waals surface area contributed by atoms with E-state index in [0.29, 0.717) is 11.1 Å². The molecule has 3 aromatic rings. The van der Waals surface area contributed by atoms with Crippen molar-refractivity contribution in [3.05, 3.63) is 100 Å². The summed E-state index contributed by atoms with van der Waals surface area (Å²) in [7, 11) is 1.61. The topological polar surface area (TPSA) is 70.6 Å². The van der Waals surface area contributed by atoms with Gasteiger partial charge in [0.2, 0.25) is 0 Å².